The molecule has 1 amide bonds. The molecule has 0 radical (unpaired) electrons. The smallest absolute Gasteiger partial charge is 0.263 e. The molecule has 3 rings (SSSR count). The molecule has 1 fully saturated rings. The average molecular weight is 392 g/mol. The lowest BCUT2D eigenvalue weighted by Gasteiger charge is -2.33. The van der Waals surface area contributed by atoms with Crippen LogP contribution in [0, 0.1) is 5.92 Å². The monoisotopic (exact) mass is 391 g/mol. The zero-order valence-corrected chi connectivity index (χ0v) is 16.3. The molecule has 0 N–H and O–H groups in total. The van der Waals surface area contributed by atoms with Crippen LogP contribution in [-0.2, 0) is 11.2 Å². The van der Waals surface area contributed by atoms with Gasteiger partial charge in [0.1, 0.15) is 5.75 Å². The molecule has 2 aromatic carbocycles. The summed E-state index contributed by atoms with van der Waals surface area (Å²) in [5.74, 6) is 1.12. The molecule has 2 aromatic rings. The Hall–Kier alpha value is -1.71. The topological polar surface area (TPSA) is 29.5 Å². The molecule has 0 bridgehead atoms. The highest BCUT2D eigenvalue weighted by Crippen LogP contribution is 2.29. The fraction of sp³-hybridized carbons (Fsp3) is 0.381. The number of nitrogens with zero attached hydrogens (tertiary/aromatic N) is 1. The summed E-state index contributed by atoms with van der Waals surface area (Å²) < 4.78 is 5.76. The number of piperidine rings is 1. The lowest BCUT2D eigenvalue weighted by Crippen LogP contribution is -2.45. The Labute approximate surface area is 164 Å². The molecule has 1 saturated heterocycles. The van der Waals surface area contributed by atoms with Gasteiger partial charge in [0.25, 0.3) is 5.91 Å². The van der Waals surface area contributed by atoms with Gasteiger partial charge in [0.15, 0.2) is 6.10 Å². The number of likely N-dealkylation sites (tertiary alicyclic amines) is 1. The fourth-order valence-corrected chi connectivity index (χ4v) is 3.83. The number of amides is 1. The van der Waals surface area contributed by atoms with Crippen molar-refractivity contribution in [3.8, 4) is 5.75 Å². The van der Waals surface area contributed by atoms with Crippen LogP contribution in [0.15, 0.2) is 48.5 Å². The highest BCUT2D eigenvalue weighted by molar-refractivity contribution is 6.35. The Morgan fingerprint density at radius 2 is 1.85 bits per heavy atom. The van der Waals surface area contributed by atoms with Crippen LogP contribution in [-0.4, -0.2) is 30.0 Å². The summed E-state index contributed by atoms with van der Waals surface area (Å²) >= 11 is 12.0. The number of carbonyl (C=O) groups excluding carboxylic acids is 1. The quantitative estimate of drug-likeness (QED) is 0.696. The zero-order valence-electron chi connectivity index (χ0n) is 14.8. The van der Waals surface area contributed by atoms with Crippen LogP contribution in [0.2, 0.25) is 10.0 Å². The van der Waals surface area contributed by atoms with Crippen molar-refractivity contribution < 1.29 is 9.53 Å². The van der Waals surface area contributed by atoms with Crippen LogP contribution >= 0.6 is 23.2 Å². The van der Waals surface area contributed by atoms with Gasteiger partial charge in [-0.15, -0.1) is 0 Å². The van der Waals surface area contributed by atoms with Gasteiger partial charge in [-0.1, -0.05) is 53.5 Å². The van der Waals surface area contributed by atoms with Gasteiger partial charge >= 0.3 is 0 Å². The SMILES string of the molecule is CC(Oc1ccc(Cl)cc1Cl)C(=O)N1CCC(Cc2ccccc2)CC1. The van der Waals surface area contributed by atoms with Gasteiger partial charge in [-0.25, -0.2) is 0 Å². The Morgan fingerprint density at radius 3 is 2.50 bits per heavy atom. The Balaban J connectivity index is 1.51. The summed E-state index contributed by atoms with van der Waals surface area (Å²) in [6.07, 6.45) is 2.55. The molecule has 0 spiro atoms. The van der Waals surface area contributed by atoms with Crippen molar-refractivity contribution in [2.45, 2.75) is 32.3 Å². The minimum Gasteiger partial charge on any atom is -0.479 e. The molecule has 0 aliphatic carbocycles. The summed E-state index contributed by atoms with van der Waals surface area (Å²) in [7, 11) is 0. The number of halogens is 2. The van der Waals surface area contributed by atoms with Crippen molar-refractivity contribution in [1.29, 1.82) is 0 Å². The lowest BCUT2D eigenvalue weighted by molar-refractivity contribution is -0.139. The number of rotatable bonds is 5. The number of benzene rings is 2. The molecule has 26 heavy (non-hydrogen) atoms. The lowest BCUT2D eigenvalue weighted by atomic mass is 9.90. The van der Waals surface area contributed by atoms with Gasteiger partial charge in [-0.05, 0) is 55.9 Å². The maximum atomic E-state index is 12.7. The Kier molecular flexibility index (Phi) is 6.44. The predicted molar refractivity (Wildman–Crippen MR) is 106 cm³/mol. The normalized spacial score (nSPS) is 16.3. The second-order valence-electron chi connectivity index (χ2n) is 6.79. The first-order chi connectivity index (χ1) is 12.5. The number of hydrogen-bond donors (Lipinski definition) is 0. The van der Waals surface area contributed by atoms with Crippen molar-refractivity contribution in [2.24, 2.45) is 5.92 Å². The minimum atomic E-state index is -0.570. The predicted octanol–water partition coefficient (Wildman–Crippen LogP) is 5.24. The maximum Gasteiger partial charge on any atom is 0.263 e. The van der Waals surface area contributed by atoms with Crippen LogP contribution in [0.1, 0.15) is 25.3 Å². The summed E-state index contributed by atoms with van der Waals surface area (Å²) in [5.41, 5.74) is 1.37. The molecule has 1 unspecified atom stereocenters. The van der Waals surface area contributed by atoms with Crippen molar-refractivity contribution in [2.75, 3.05) is 13.1 Å². The molecule has 0 saturated carbocycles. The third-order valence-corrected chi connectivity index (χ3v) is 5.37. The molecule has 1 atom stereocenters. The van der Waals surface area contributed by atoms with Crippen molar-refractivity contribution in [3.05, 3.63) is 64.1 Å². The van der Waals surface area contributed by atoms with E-state index in [1.165, 1.54) is 5.56 Å². The number of carbonyl (C=O) groups is 1. The van der Waals surface area contributed by atoms with E-state index in [-0.39, 0.29) is 5.91 Å². The molecule has 0 aromatic heterocycles. The van der Waals surface area contributed by atoms with Crippen LogP contribution in [0.25, 0.3) is 0 Å². The molecule has 1 aliphatic rings. The molecule has 1 heterocycles. The standard InChI is InChI=1S/C21H23Cl2NO2/c1-15(26-20-8-7-18(22)14-19(20)23)21(25)24-11-9-17(10-12-24)13-16-5-3-2-4-6-16/h2-8,14-15,17H,9-13H2,1H3. The van der Waals surface area contributed by atoms with E-state index in [0.717, 1.165) is 32.4 Å². The summed E-state index contributed by atoms with van der Waals surface area (Å²) in [5, 5.41) is 0.959. The average Bonchev–Trinajstić information content (AvgIpc) is 2.65. The van der Waals surface area contributed by atoms with E-state index in [0.29, 0.717) is 21.7 Å². The van der Waals surface area contributed by atoms with Crippen LogP contribution < -0.4 is 4.74 Å². The molecular weight excluding hydrogens is 369 g/mol. The highest BCUT2D eigenvalue weighted by Gasteiger charge is 2.27. The van der Waals surface area contributed by atoms with Gasteiger partial charge in [0.2, 0.25) is 0 Å². The van der Waals surface area contributed by atoms with Gasteiger partial charge in [-0.3, -0.25) is 4.79 Å². The molecule has 3 nitrogen and oxygen atoms in total. The van der Waals surface area contributed by atoms with Gasteiger partial charge in [0, 0.05) is 18.1 Å². The molecule has 5 heteroatoms. The Morgan fingerprint density at radius 1 is 1.15 bits per heavy atom. The third kappa shape index (κ3) is 4.93. The van der Waals surface area contributed by atoms with Gasteiger partial charge < -0.3 is 9.64 Å². The van der Waals surface area contributed by atoms with Crippen molar-refractivity contribution in [3.63, 3.8) is 0 Å². The maximum absolute atomic E-state index is 12.7. The van der Waals surface area contributed by atoms with E-state index in [9.17, 15) is 4.79 Å². The van der Waals surface area contributed by atoms with Crippen LogP contribution in [0.5, 0.6) is 5.75 Å². The highest BCUT2D eigenvalue weighted by atomic mass is 35.5. The minimum absolute atomic E-state index is 0.00850. The van der Waals surface area contributed by atoms with E-state index in [1.807, 2.05) is 11.0 Å². The van der Waals surface area contributed by atoms with E-state index in [2.05, 4.69) is 24.3 Å². The fourth-order valence-electron chi connectivity index (χ4n) is 3.37. The van der Waals surface area contributed by atoms with Crippen molar-refractivity contribution >= 4 is 29.1 Å². The Bertz CT molecular complexity index is 743. The van der Waals surface area contributed by atoms with E-state index < -0.39 is 6.10 Å². The second-order valence-corrected chi connectivity index (χ2v) is 7.64. The first kappa shape index (κ1) is 19.1. The largest absolute Gasteiger partial charge is 0.479 e. The molecular formula is C21H23Cl2NO2. The van der Waals surface area contributed by atoms with E-state index in [1.54, 1.807) is 25.1 Å². The first-order valence-electron chi connectivity index (χ1n) is 8.97. The van der Waals surface area contributed by atoms with E-state index >= 15 is 0 Å². The van der Waals surface area contributed by atoms with Crippen LogP contribution in [0.3, 0.4) is 0 Å². The third-order valence-electron chi connectivity index (χ3n) is 4.84. The van der Waals surface area contributed by atoms with Crippen molar-refractivity contribution in [1.82, 2.24) is 4.90 Å². The van der Waals surface area contributed by atoms with Gasteiger partial charge in [-0.2, -0.15) is 0 Å². The van der Waals surface area contributed by atoms with Crippen LogP contribution in [0.4, 0.5) is 0 Å². The molecule has 138 valence electrons. The van der Waals surface area contributed by atoms with Gasteiger partial charge in [0.05, 0.1) is 5.02 Å². The number of hydrogen-bond acceptors (Lipinski definition) is 2. The summed E-state index contributed by atoms with van der Waals surface area (Å²) in [4.78, 5) is 14.6. The molecule has 1 aliphatic heterocycles. The number of ether oxygens (including phenoxy) is 1. The summed E-state index contributed by atoms with van der Waals surface area (Å²) in [6, 6.07) is 15.6. The summed E-state index contributed by atoms with van der Waals surface area (Å²) in [6.45, 7) is 3.32. The zero-order chi connectivity index (χ0) is 18.5. The van der Waals surface area contributed by atoms with E-state index in [4.69, 9.17) is 27.9 Å². The second kappa shape index (κ2) is 8.79. The first-order valence-corrected chi connectivity index (χ1v) is 9.73.